The van der Waals surface area contributed by atoms with Crippen LogP contribution in [0.15, 0.2) is 66.0 Å². The van der Waals surface area contributed by atoms with Crippen LogP contribution in [0, 0.1) is 26.6 Å². The molecule has 0 aliphatic carbocycles. The van der Waals surface area contributed by atoms with Gasteiger partial charge in [-0.2, -0.15) is 0 Å². The number of halogens is 1. The van der Waals surface area contributed by atoms with Crippen molar-refractivity contribution in [3.05, 3.63) is 94.6 Å². The zero-order valence-electron chi connectivity index (χ0n) is 18.9. The quantitative estimate of drug-likeness (QED) is 0.400. The Morgan fingerprint density at radius 3 is 2.43 bits per heavy atom. The summed E-state index contributed by atoms with van der Waals surface area (Å²) in [4.78, 5) is 4.89. The van der Waals surface area contributed by atoms with Crippen molar-refractivity contribution in [1.29, 1.82) is 0 Å². The molecule has 0 bridgehead atoms. The van der Waals surface area contributed by atoms with Gasteiger partial charge in [0.15, 0.2) is 0 Å². The van der Waals surface area contributed by atoms with Gasteiger partial charge in [0, 0.05) is 35.8 Å². The first-order chi connectivity index (χ1) is 14.2. The van der Waals surface area contributed by atoms with Crippen molar-refractivity contribution >= 4 is 17.1 Å². The van der Waals surface area contributed by atoms with E-state index in [2.05, 4.69) is 56.7 Å². The number of rotatable bonds is 8. The molecule has 0 amide bonds. The van der Waals surface area contributed by atoms with Gasteiger partial charge in [0.2, 0.25) is 0 Å². The number of aliphatic imine (C=N–C) groups is 1. The molecule has 158 valence electrons. The monoisotopic (exact) mass is 405 g/mol. The van der Waals surface area contributed by atoms with Crippen molar-refractivity contribution in [3.8, 4) is 0 Å². The molecule has 0 heterocycles. The molecule has 0 atom stereocenters. The Morgan fingerprint density at radius 1 is 1.13 bits per heavy atom. The molecule has 2 N–H and O–H groups in total. The summed E-state index contributed by atoms with van der Waals surface area (Å²) in [6, 6.07) is 9.30. The maximum absolute atomic E-state index is 14.4. The largest absolute Gasteiger partial charge is 0.392 e. The number of nitrogens with zero attached hydrogens (tertiary/aromatic N) is 1. The maximum atomic E-state index is 14.4. The zero-order chi connectivity index (χ0) is 22.4. The molecule has 0 fully saturated rings. The lowest BCUT2D eigenvalue weighted by atomic mass is 10.0. The minimum atomic E-state index is -0.310. The van der Waals surface area contributed by atoms with Crippen LogP contribution >= 0.6 is 0 Å². The molecule has 0 saturated heterocycles. The normalized spacial score (nSPS) is 12.0. The van der Waals surface area contributed by atoms with Gasteiger partial charge in [-0.25, -0.2) is 4.39 Å². The van der Waals surface area contributed by atoms with Gasteiger partial charge in [-0.1, -0.05) is 49.9 Å². The van der Waals surface area contributed by atoms with Crippen LogP contribution in [-0.2, 0) is 6.42 Å². The molecule has 2 rings (SSSR count). The molecule has 0 saturated carbocycles. The average molecular weight is 406 g/mol. The molecule has 0 aromatic heterocycles. The number of allylic oxidation sites excluding steroid dienone is 1. The van der Waals surface area contributed by atoms with E-state index in [9.17, 15) is 4.39 Å². The lowest BCUT2D eigenvalue weighted by Crippen LogP contribution is -2.19. The van der Waals surface area contributed by atoms with Crippen molar-refractivity contribution in [2.75, 3.05) is 7.05 Å². The van der Waals surface area contributed by atoms with Crippen LogP contribution in [-0.4, -0.2) is 12.8 Å². The number of nitrogens with one attached hydrogen (secondary N) is 2. The average Bonchev–Trinajstić information content (AvgIpc) is 2.68. The predicted molar refractivity (Wildman–Crippen MR) is 128 cm³/mol. The van der Waals surface area contributed by atoms with E-state index in [-0.39, 0.29) is 5.82 Å². The molecular weight excluding hydrogens is 373 g/mol. The van der Waals surface area contributed by atoms with Crippen LogP contribution in [0.25, 0.3) is 5.70 Å². The van der Waals surface area contributed by atoms with Gasteiger partial charge in [-0.3, -0.25) is 4.99 Å². The Labute approximate surface area is 180 Å². The van der Waals surface area contributed by atoms with Crippen molar-refractivity contribution in [1.82, 2.24) is 10.6 Å². The number of aryl methyl sites for hydroxylation is 4. The van der Waals surface area contributed by atoms with Gasteiger partial charge in [-0.15, -0.1) is 0 Å². The lowest BCUT2D eigenvalue weighted by molar-refractivity contribution is 0.621. The van der Waals surface area contributed by atoms with E-state index in [1.807, 2.05) is 19.9 Å². The van der Waals surface area contributed by atoms with E-state index in [1.54, 1.807) is 19.3 Å². The summed E-state index contributed by atoms with van der Waals surface area (Å²) >= 11 is 0. The summed E-state index contributed by atoms with van der Waals surface area (Å²) in [5, 5.41) is 6.24. The number of benzene rings is 2. The highest BCUT2D eigenvalue weighted by atomic mass is 19.1. The second-order valence-electron chi connectivity index (χ2n) is 7.50. The highest BCUT2D eigenvalue weighted by molar-refractivity contribution is 6.03. The van der Waals surface area contributed by atoms with E-state index in [0.717, 1.165) is 28.9 Å². The highest BCUT2D eigenvalue weighted by Crippen LogP contribution is 2.28. The van der Waals surface area contributed by atoms with Gasteiger partial charge < -0.3 is 10.6 Å². The van der Waals surface area contributed by atoms with Crippen LogP contribution < -0.4 is 10.6 Å². The molecular formula is C26H32FN3. The highest BCUT2D eigenvalue weighted by Gasteiger charge is 2.14. The molecule has 2 aromatic rings. The van der Waals surface area contributed by atoms with Crippen LogP contribution in [0.4, 0.5) is 10.1 Å². The van der Waals surface area contributed by atoms with E-state index in [1.165, 1.54) is 17.2 Å². The number of hydrogen-bond donors (Lipinski definition) is 2. The number of hydrogen-bond acceptors (Lipinski definition) is 3. The molecule has 0 radical (unpaired) electrons. The fourth-order valence-corrected chi connectivity index (χ4v) is 3.49. The fraction of sp³-hybridized carbons (Fsp3) is 0.269. The Hall–Kier alpha value is -3.14. The van der Waals surface area contributed by atoms with Crippen molar-refractivity contribution in [3.63, 3.8) is 0 Å². The predicted octanol–water partition coefficient (Wildman–Crippen LogP) is 6.28. The Bertz CT molecular complexity index is 1010. The molecule has 3 nitrogen and oxygen atoms in total. The van der Waals surface area contributed by atoms with Crippen LogP contribution in [0.5, 0.6) is 0 Å². The third-order valence-electron chi connectivity index (χ3n) is 5.04. The molecule has 0 spiro atoms. The van der Waals surface area contributed by atoms with E-state index >= 15 is 0 Å². The van der Waals surface area contributed by atoms with Crippen LogP contribution in [0.3, 0.4) is 0 Å². The smallest absolute Gasteiger partial charge is 0.132 e. The van der Waals surface area contributed by atoms with E-state index in [0.29, 0.717) is 22.5 Å². The Morgan fingerprint density at radius 2 is 1.83 bits per heavy atom. The summed E-state index contributed by atoms with van der Waals surface area (Å²) in [5.41, 5.74) is 8.49. The Balaban J connectivity index is 2.37. The maximum Gasteiger partial charge on any atom is 0.132 e. The second kappa shape index (κ2) is 10.1. The van der Waals surface area contributed by atoms with Crippen LogP contribution in [0.1, 0.15) is 41.7 Å². The first kappa shape index (κ1) is 23.1. The van der Waals surface area contributed by atoms with Gasteiger partial charge in [-0.05, 0) is 56.9 Å². The summed E-state index contributed by atoms with van der Waals surface area (Å²) in [6.45, 7) is 18.4. The molecule has 30 heavy (non-hydrogen) atoms. The molecule has 0 unspecified atom stereocenters. The van der Waals surface area contributed by atoms with Crippen molar-refractivity contribution in [2.45, 2.75) is 41.0 Å². The van der Waals surface area contributed by atoms with Crippen molar-refractivity contribution in [2.24, 2.45) is 4.99 Å². The van der Waals surface area contributed by atoms with E-state index < -0.39 is 0 Å². The fourth-order valence-electron chi connectivity index (χ4n) is 3.49. The lowest BCUT2D eigenvalue weighted by Gasteiger charge is -2.18. The first-order valence-electron chi connectivity index (χ1n) is 10.1. The SMILES string of the molecule is C=C(C(C)=Nc1c(C)cc(C)cc1CC)/C(=C\NC)NC(=C)c1c(C)cccc1F. The summed E-state index contributed by atoms with van der Waals surface area (Å²) in [7, 11) is 1.80. The molecule has 0 aliphatic heterocycles. The zero-order valence-corrected chi connectivity index (χ0v) is 18.9. The Kier molecular flexibility index (Phi) is 7.76. The summed E-state index contributed by atoms with van der Waals surface area (Å²) in [6.07, 6.45) is 2.69. The third-order valence-corrected chi connectivity index (χ3v) is 5.04. The van der Waals surface area contributed by atoms with Crippen molar-refractivity contribution < 1.29 is 4.39 Å². The van der Waals surface area contributed by atoms with E-state index in [4.69, 9.17) is 4.99 Å². The third kappa shape index (κ3) is 5.26. The second-order valence-corrected chi connectivity index (χ2v) is 7.50. The molecule has 0 aliphatic rings. The van der Waals surface area contributed by atoms with Gasteiger partial charge >= 0.3 is 0 Å². The minimum Gasteiger partial charge on any atom is -0.392 e. The van der Waals surface area contributed by atoms with Gasteiger partial charge in [0.05, 0.1) is 11.4 Å². The summed E-state index contributed by atoms with van der Waals surface area (Å²) < 4.78 is 14.4. The summed E-state index contributed by atoms with van der Waals surface area (Å²) in [5.74, 6) is -0.310. The van der Waals surface area contributed by atoms with Crippen LogP contribution in [0.2, 0.25) is 0 Å². The molecule has 2 aromatic carbocycles. The molecule has 4 heteroatoms. The standard InChI is InChI=1S/C26H32FN3/c1-9-22-14-16(2)13-18(4)26(22)30-20(6)19(5)24(15-28-8)29-21(7)25-17(3)11-10-12-23(25)27/h10-15,28-29H,5,7,9H2,1-4,6,8H3/b24-15+,30-20?. The van der Waals surface area contributed by atoms with Gasteiger partial charge in [0.1, 0.15) is 5.82 Å². The first-order valence-corrected chi connectivity index (χ1v) is 10.1. The minimum absolute atomic E-state index is 0.310. The van der Waals surface area contributed by atoms with Gasteiger partial charge in [0.25, 0.3) is 0 Å². The topological polar surface area (TPSA) is 36.4 Å².